The summed E-state index contributed by atoms with van der Waals surface area (Å²) in [7, 11) is 0. The molecule has 3 aliphatic rings. The lowest BCUT2D eigenvalue weighted by atomic mass is 9.53. The minimum absolute atomic E-state index is 0.0421. The molecule has 1 spiro atoms. The predicted octanol–water partition coefficient (Wildman–Crippen LogP) is 3.40. The summed E-state index contributed by atoms with van der Waals surface area (Å²) in [5, 5.41) is 0. The van der Waals surface area contributed by atoms with Crippen LogP contribution in [0.4, 0.5) is 0 Å². The molecule has 2 saturated carbocycles. The highest BCUT2D eigenvalue weighted by molar-refractivity contribution is 5.87. The van der Waals surface area contributed by atoms with E-state index in [1.807, 2.05) is 6.07 Å². The molecule has 2 nitrogen and oxygen atoms in total. The summed E-state index contributed by atoms with van der Waals surface area (Å²) in [6, 6.07) is 10.6. The van der Waals surface area contributed by atoms with Gasteiger partial charge in [-0.2, -0.15) is 0 Å². The van der Waals surface area contributed by atoms with Crippen LogP contribution in [0.25, 0.3) is 0 Å². The van der Waals surface area contributed by atoms with Crippen LogP contribution >= 0.6 is 0 Å². The number of likely N-dealkylation sites (tertiary alicyclic amines) is 1. The third-order valence-corrected chi connectivity index (χ3v) is 6.00. The third-order valence-electron chi connectivity index (χ3n) is 6.00. The monoisotopic (exact) mass is 255 g/mol. The molecule has 0 N–H and O–H groups in total. The van der Waals surface area contributed by atoms with Gasteiger partial charge in [-0.25, -0.2) is 0 Å². The molecule has 2 aliphatic carbocycles. The SMILES string of the molecule is C[C@@H](c1ccccc1)N1C[C@H]2C3(CC3)C[C@@]2(C)C1=O. The van der Waals surface area contributed by atoms with Crippen LogP contribution in [0.2, 0.25) is 0 Å². The molecule has 0 bridgehead atoms. The molecule has 1 aromatic carbocycles. The lowest BCUT2D eigenvalue weighted by molar-refractivity contribution is -0.145. The van der Waals surface area contributed by atoms with Crippen LogP contribution in [0.1, 0.15) is 44.7 Å². The van der Waals surface area contributed by atoms with Gasteiger partial charge in [0.05, 0.1) is 11.5 Å². The normalized spacial score (nSPS) is 36.0. The summed E-state index contributed by atoms with van der Waals surface area (Å²) in [5.74, 6) is 1.02. The first-order valence-electron chi connectivity index (χ1n) is 7.43. The number of amides is 1. The fourth-order valence-electron chi connectivity index (χ4n) is 4.68. The highest BCUT2D eigenvalue weighted by Gasteiger charge is 2.73. The molecule has 1 saturated heterocycles. The van der Waals surface area contributed by atoms with Crippen LogP contribution < -0.4 is 0 Å². The lowest BCUT2D eigenvalue weighted by Gasteiger charge is -2.47. The van der Waals surface area contributed by atoms with Crippen LogP contribution in [-0.2, 0) is 4.79 Å². The Bertz CT molecular complexity index is 533. The molecule has 1 heterocycles. The van der Waals surface area contributed by atoms with E-state index in [-0.39, 0.29) is 11.5 Å². The molecule has 100 valence electrons. The van der Waals surface area contributed by atoms with E-state index in [4.69, 9.17) is 0 Å². The van der Waals surface area contributed by atoms with Crippen molar-refractivity contribution in [3.05, 3.63) is 35.9 Å². The van der Waals surface area contributed by atoms with Crippen LogP contribution in [-0.4, -0.2) is 17.4 Å². The second-order valence-corrected chi connectivity index (χ2v) is 7.05. The van der Waals surface area contributed by atoms with Gasteiger partial charge in [-0.15, -0.1) is 0 Å². The van der Waals surface area contributed by atoms with E-state index in [1.54, 1.807) is 0 Å². The fourth-order valence-corrected chi connectivity index (χ4v) is 4.68. The van der Waals surface area contributed by atoms with Crippen molar-refractivity contribution < 1.29 is 4.79 Å². The van der Waals surface area contributed by atoms with E-state index < -0.39 is 0 Å². The first-order chi connectivity index (χ1) is 9.07. The number of benzene rings is 1. The van der Waals surface area contributed by atoms with Gasteiger partial charge >= 0.3 is 0 Å². The number of carbonyl (C=O) groups is 1. The second-order valence-electron chi connectivity index (χ2n) is 7.05. The smallest absolute Gasteiger partial charge is 0.229 e. The average Bonchev–Trinajstić information content (AvgIpc) is 3.17. The van der Waals surface area contributed by atoms with Crippen molar-refractivity contribution in [2.75, 3.05) is 6.54 Å². The summed E-state index contributed by atoms with van der Waals surface area (Å²) in [4.78, 5) is 14.9. The molecule has 0 aromatic heterocycles. The molecule has 0 unspecified atom stereocenters. The standard InChI is InChI=1S/C17H21NO/c1-12(13-6-4-3-5-7-13)18-10-14-16(2,15(18)19)11-17(14)8-9-17/h3-7,12,14H,8-11H2,1-2H3/t12-,14+,16+/m0/s1. The van der Waals surface area contributed by atoms with Gasteiger partial charge in [-0.05, 0) is 43.1 Å². The van der Waals surface area contributed by atoms with E-state index in [1.165, 1.54) is 18.4 Å². The van der Waals surface area contributed by atoms with Crippen LogP contribution in [0.3, 0.4) is 0 Å². The van der Waals surface area contributed by atoms with Gasteiger partial charge in [0.1, 0.15) is 0 Å². The van der Waals surface area contributed by atoms with E-state index in [2.05, 4.69) is 43.0 Å². The number of nitrogens with zero attached hydrogens (tertiary/aromatic N) is 1. The minimum Gasteiger partial charge on any atom is -0.335 e. The Morgan fingerprint density at radius 2 is 1.95 bits per heavy atom. The van der Waals surface area contributed by atoms with Gasteiger partial charge in [0.25, 0.3) is 0 Å². The van der Waals surface area contributed by atoms with Crippen molar-refractivity contribution in [2.24, 2.45) is 16.7 Å². The minimum atomic E-state index is -0.0421. The van der Waals surface area contributed by atoms with Gasteiger partial charge in [-0.1, -0.05) is 37.3 Å². The van der Waals surface area contributed by atoms with Crippen LogP contribution in [0.5, 0.6) is 0 Å². The topological polar surface area (TPSA) is 20.3 Å². The zero-order valence-electron chi connectivity index (χ0n) is 11.7. The van der Waals surface area contributed by atoms with E-state index >= 15 is 0 Å². The summed E-state index contributed by atoms with van der Waals surface area (Å²) in [5.41, 5.74) is 1.78. The van der Waals surface area contributed by atoms with Crippen molar-refractivity contribution in [3.8, 4) is 0 Å². The predicted molar refractivity (Wildman–Crippen MR) is 74.5 cm³/mol. The summed E-state index contributed by atoms with van der Waals surface area (Å²) >= 11 is 0. The fraction of sp³-hybridized carbons (Fsp3) is 0.588. The van der Waals surface area contributed by atoms with Crippen LogP contribution in [0.15, 0.2) is 30.3 Å². The maximum atomic E-state index is 12.7. The van der Waals surface area contributed by atoms with E-state index in [0.717, 1.165) is 13.0 Å². The first kappa shape index (κ1) is 11.5. The summed E-state index contributed by atoms with van der Waals surface area (Å²) < 4.78 is 0. The van der Waals surface area contributed by atoms with Crippen molar-refractivity contribution in [3.63, 3.8) is 0 Å². The molecule has 1 aromatic rings. The number of carbonyl (C=O) groups excluding carboxylic acids is 1. The molecule has 1 amide bonds. The van der Waals surface area contributed by atoms with Crippen molar-refractivity contribution >= 4 is 5.91 Å². The Balaban J connectivity index is 1.62. The van der Waals surface area contributed by atoms with Gasteiger partial charge in [0, 0.05) is 6.54 Å². The molecule has 19 heavy (non-hydrogen) atoms. The number of hydrogen-bond donors (Lipinski definition) is 0. The third kappa shape index (κ3) is 1.35. The molecule has 3 atom stereocenters. The number of hydrogen-bond acceptors (Lipinski definition) is 1. The van der Waals surface area contributed by atoms with Gasteiger partial charge in [0.15, 0.2) is 0 Å². The zero-order valence-corrected chi connectivity index (χ0v) is 11.7. The van der Waals surface area contributed by atoms with Gasteiger partial charge < -0.3 is 4.90 Å². The first-order valence-corrected chi connectivity index (χ1v) is 7.43. The number of rotatable bonds is 2. The molecular formula is C17H21NO. The van der Waals surface area contributed by atoms with Crippen LogP contribution in [0, 0.1) is 16.7 Å². The van der Waals surface area contributed by atoms with E-state index in [9.17, 15) is 4.79 Å². The Kier molecular flexibility index (Phi) is 2.07. The highest BCUT2D eigenvalue weighted by Crippen LogP contribution is 2.75. The largest absolute Gasteiger partial charge is 0.335 e. The molecular weight excluding hydrogens is 234 g/mol. The Morgan fingerprint density at radius 1 is 1.26 bits per heavy atom. The average molecular weight is 255 g/mol. The lowest BCUT2D eigenvalue weighted by Crippen LogP contribution is -2.48. The van der Waals surface area contributed by atoms with Gasteiger partial charge in [0.2, 0.25) is 5.91 Å². The molecule has 4 rings (SSSR count). The number of fused-ring (bicyclic) bond motifs is 2. The Morgan fingerprint density at radius 3 is 2.58 bits per heavy atom. The molecule has 0 radical (unpaired) electrons. The molecule has 3 fully saturated rings. The van der Waals surface area contributed by atoms with Gasteiger partial charge in [-0.3, -0.25) is 4.79 Å². The highest BCUT2D eigenvalue weighted by atomic mass is 16.2. The summed E-state index contributed by atoms with van der Waals surface area (Å²) in [6.45, 7) is 5.34. The quantitative estimate of drug-likeness (QED) is 0.793. The Hall–Kier alpha value is -1.31. The maximum absolute atomic E-state index is 12.7. The molecule has 1 aliphatic heterocycles. The van der Waals surface area contributed by atoms with Crippen molar-refractivity contribution in [1.82, 2.24) is 4.90 Å². The summed E-state index contributed by atoms with van der Waals surface area (Å²) in [6.07, 6.45) is 3.85. The molecule has 2 heteroatoms. The zero-order chi connectivity index (χ0) is 13.3. The Labute approximate surface area is 114 Å². The maximum Gasteiger partial charge on any atom is 0.229 e. The van der Waals surface area contributed by atoms with Crippen molar-refractivity contribution in [2.45, 2.75) is 39.2 Å². The second kappa shape index (κ2) is 3.41. The van der Waals surface area contributed by atoms with Crippen molar-refractivity contribution in [1.29, 1.82) is 0 Å². The van der Waals surface area contributed by atoms with E-state index in [0.29, 0.717) is 17.2 Å².